The Morgan fingerprint density at radius 1 is 1.44 bits per heavy atom. The van der Waals surface area contributed by atoms with Crippen molar-refractivity contribution in [1.82, 2.24) is 9.88 Å². The van der Waals surface area contributed by atoms with Crippen molar-refractivity contribution in [3.8, 4) is 0 Å². The van der Waals surface area contributed by atoms with E-state index in [-0.39, 0.29) is 40.7 Å². The van der Waals surface area contributed by atoms with Crippen LogP contribution >= 0.6 is 0 Å². The van der Waals surface area contributed by atoms with Gasteiger partial charge >= 0.3 is 29.6 Å². The summed E-state index contributed by atoms with van der Waals surface area (Å²) < 4.78 is 24.8. The molecule has 0 spiro atoms. The Labute approximate surface area is 164 Å². The van der Waals surface area contributed by atoms with E-state index in [4.69, 9.17) is 5.21 Å². The maximum atomic E-state index is 12.4. The van der Waals surface area contributed by atoms with Crippen molar-refractivity contribution in [2.45, 2.75) is 5.37 Å². The van der Waals surface area contributed by atoms with Crippen LogP contribution in [0.5, 0.6) is 0 Å². The maximum absolute atomic E-state index is 12.4. The van der Waals surface area contributed by atoms with Crippen molar-refractivity contribution in [3.05, 3.63) is 46.9 Å². The van der Waals surface area contributed by atoms with Gasteiger partial charge in [0, 0.05) is 11.8 Å². The van der Waals surface area contributed by atoms with E-state index in [1.807, 2.05) is 0 Å². The average Bonchev–Trinajstić information content (AvgIpc) is 2.52. The molecule has 11 heteroatoms. The Bertz CT molecular complexity index is 923. The predicted octanol–water partition coefficient (Wildman–Crippen LogP) is -4.47. The molecule has 1 aromatic rings. The number of carbonyl (C=O) groups is 2. The molecule has 9 nitrogen and oxygen atoms in total. The molecular formula is C14H10N3NaO6S. The number of oxime groups is 1. The van der Waals surface area contributed by atoms with Crippen LogP contribution in [0.15, 0.2) is 46.4 Å². The summed E-state index contributed by atoms with van der Waals surface area (Å²) in [5, 5.41) is 21.1. The van der Waals surface area contributed by atoms with Gasteiger partial charge in [-0.1, -0.05) is 11.2 Å². The van der Waals surface area contributed by atoms with E-state index in [1.165, 1.54) is 12.3 Å². The number of nitrogens with zero attached hydrogens (tertiary/aromatic N) is 3. The number of pyridine rings is 1. The number of amides is 1. The number of carboxylic acids is 1. The second kappa shape index (κ2) is 7.08. The molecule has 124 valence electrons. The fraction of sp³-hybridized carbons (Fsp3) is 0.143. The van der Waals surface area contributed by atoms with E-state index in [1.54, 1.807) is 18.2 Å². The predicted molar refractivity (Wildman–Crippen MR) is 78.9 cm³/mol. The number of rotatable bonds is 3. The summed E-state index contributed by atoms with van der Waals surface area (Å²) in [4.78, 5) is 28.2. The van der Waals surface area contributed by atoms with Crippen LogP contribution in [0, 0.1) is 0 Å². The molecule has 0 radical (unpaired) electrons. The molecule has 0 aliphatic carbocycles. The van der Waals surface area contributed by atoms with E-state index in [2.05, 4.69) is 10.1 Å². The fourth-order valence-electron chi connectivity index (χ4n) is 2.67. The van der Waals surface area contributed by atoms with Gasteiger partial charge in [0.1, 0.15) is 0 Å². The minimum absolute atomic E-state index is 0. The number of carbonyl (C=O) groups excluding carboxylic acids is 2. The van der Waals surface area contributed by atoms with Gasteiger partial charge in [-0.05, 0) is 18.2 Å². The largest absolute Gasteiger partial charge is 1.00 e. The molecule has 1 saturated heterocycles. The quantitative estimate of drug-likeness (QED) is 0.141. The van der Waals surface area contributed by atoms with Crippen LogP contribution in [0.4, 0.5) is 0 Å². The Kier molecular flexibility index (Phi) is 5.47. The summed E-state index contributed by atoms with van der Waals surface area (Å²) in [6.45, 7) is 0. The zero-order valence-electron chi connectivity index (χ0n) is 13.0. The number of β-lactam (4-membered cyclic amide) rings is 1. The minimum Gasteiger partial charge on any atom is -0.543 e. The Morgan fingerprint density at radius 2 is 2.16 bits per heavy atom. The number of aliphatic carboxylic acids is 1. The first-order valence-corrected chi connectivity index (χ1v) is 8.38. The van der Waals surface area contributed by atoms with Crippen molar-refractivity contribution < 1.29 is 57.9 Å². The normalized spacial score (nSPS) is 23.2. The third-order valence-corrected chi connectivity index (χ3v) is 5.46. The van der Waals surface area contributed by atoms with Gasteiger partial charge in [-0.15, -0.1) is 0 Å². The van der Waals surface area contributed by atoms with E-state index in [0.717, 1.165) is 0 Å². The van der Waals surface area contributed by atoms with Gasteiger partial charge in [-0.25, -0.2) is 8.42 Å². The molecule has 1 amide bonds. The summed E-state index contributed by atoms with van der Waals surface area (Å²) in [6.07, 6.45) is 3.46. The first kappa shape index (κ1) is 19.3. The Hall–Kier alpha value is -2.01. The van der Waals surface area contributed by atoms with Crippen LogP contribution in [0.25, 0.3) is 6.08 Å². The van der Waals surface area contributed by atoms with Gasteiger partial charge in [-0.3, -0.25) is 14.7 Å². The number of hydrogen-bond donors (Lipinski definition) is 1. The zero-order valence-corrected chi connectivity index (χ0v) is 15.8. The van der Waals surface area contributed by atoms with Crippen molar-refractivity contribution >= 4 is 34.0 Å². The number of carboxylic acid groups (broad SMARTS) is 1. The molecule has 0 saturated carbocycles. The van der Waals surface area contributed by atoms with E-state index in [0.29, 0.717) is 16.8 Å². The Morgan fingerprint density at radius 3 is 2.72 bits per heavy atom. The molecule has 0 unspecified atom stereocenters. The van der Waals surface area contributed by atoms with E-state index >= 15 is 0 Å². The molecule has 3 rings (SSSR count). The van der Waals surface area contributed by atoms with Gasteiger partial charge in [0.2, 0.25) is 0 Å². The third kappa shape index (κ3) is 3.25. The molecule has 1 aromatic heterocycles. The van der Waals surface area contributed by atoms with E-state index in [9.17, 15) is 23.1 Å². The summed E-state index contributed by atoms with van der Waals surface area (Å²) in [7, 11) is -3.91. The van der Waals surface area contributed by atoms with Crippen LogP contribution in [0.2, 0.25) is 0 Å². The molecule has 25 heavy (non-hydrogen) atoms. The van der Waals surface area contributed by atoms with Crippen LogP contribution in [0.3, 0.4) is 0 Å². The average molecular weight is 371 g/mol. The molecule has 2 aliphatic rings. The van der Waals surface area contributed by atoms with Crippen LogP contribution in [0.1, 0.15) is 5.69 Å². The number of fused-ring (bicyclic) bond motifs is 1. The number of aromatic nitrogens is 1. The van der Waals surface area contributed by atoms with Gasteiger partial charge in [-0.2, -0.15) is 0 Å². The first-order valence-electron chi connectivity index (χ1n) is 6.66. The first-order chi connectivity index (χ1) is 11.4. The summed E-state index contributed by atoms with van der Waals surface area (Å²) in [6, 6.07) is 4.90. The van der Waals surface area contributed by atoms with E-state index < -0.39 is 38.5 Å². The maximum Gasteiger partial charge on any atom is 1.00 e. The molecular weight excluding hydrogens is 361 g/mol. The molecule has 1 fully saturated rings. The second-order valence-electron chi connectivity index (χ2n) is 5.09. The monoisotopic (exact) mass is 371 g/mol. The van der Waals surface area contributed by atoms with Crippen molar-refractivity contribution in [2.24, 2.45) is 5.16 Å². The zero-order chi connectivity index (χ0) is 17.5. The van der Waals surface area contributed by atoms with Crippen molar-refractivity contribution in [3.63, 3.8) is 0 Å². The number of hydrogen-bond acceptors (Lipinski definition) is 8. The van der Waals surface area contributed by atoms with Gasteiger partial charge < -0.3 is 15.1 Å². The van der Waals surface area contributed by atoms with Gasteiger partial charge in [0.25, 0.3) is 5.91 Å². The molecule has 2 aliphatic heterocycles. The second-order valence-corrected chi connectivity index (χ2v) is 7.16. The molecule has 3 heterocycles. The molecule has 0 bridgehead atoms. The summed E-state index contributed by atoms with van der Waals surface area (Å²) in [5.74, 6) is -3.19. The van der Waals surface area contributed by atoms with Gasteiger partial charge in [0.05, 0.1) is 34.9 Å². The van der Waals surface area contributed by atoms with Gasteiger partial charge in [0.15, 0.2) is 15.2 Å². The topological polar surface area (TPSA) is 140 Å². The summed E-state index contributed by atoms with van der Waals surface area (Å²) >= 11 is 0. The summed E-state index contributed by atoms with van der Waals surface area (Å²) in [5.41, 5.74) is -0.639. The van der Waals surface area contributed by atoms with Crippen LogP contribution in [-0.4, -0.2) is 52.7 Å². The van der Waals surface area contributed by atoms with Crippen LogP contribution < -0.4 is 34.7 Å². The third-order valence-electron chi connectivity index (χ3n) is 3.61. The molecule has 1 atom stereocenters. The van der Waals surface area contributed by atoms with Crippen molar-refractivity contribution in [1.29, 1.82) is 0 Å². The molecule has 1 N–H and O–H groups in total. The number of sulfone groups is 1. The SMILES string of the molecule is O=C([O-])C1=C(/C=N/O)CS(=O)(=O)[C@H]2/C(=C\c3ccccn3)C(=O)N12.[Na+]. The van der Waals surface area contributed by atoms with Crippen LogP contribution in [-0.2, 0) is 19.4 Å². The smallest absolute Gasteiger partial charge is 0.543 e. The Balaban J connectivity index is 0.00000225. The minimum atomic E-state index is -3.91. The standard InChI is InChI=1S/C14H11N3O6S.Na/c18-12-10(5-9-3-1-2-4-15-9)13-17(12)11(14(19)20)8(6-16-21)7-24(13,22)23;/h1-6,13,21H,7H2,(H,19,20);/q;+1/p-1/b10-5-,16-6+;/t13-;/m0./s1. The molecule has 0 aromatic carbocycles. The fourth-order valence-corrected chi connectivity index (χ4v) is 4.55. The van der Waals surface area contributed by atoms with Crippen molar-refractivity contribution in [2.75, 3.05) is 5.75 Å².